The highest BCUT2D eigenvalue weighted by Crippen LogP contribution is 2.29. The van der Waals surface area contributed by atoms with Crippen molar-refractivity contribution >= 4 is 23.2 Å². The van der Waals surface area contributed by atoms with Gasteiger partial charge in [0.15, 0.2) is 0 Å². The van der Waals surface area contributed by atoms with Gasteiger partial charge in [0, 0.05) is 44.4 Å². The number of nitrogens with zero attached hydrogens (tertiary/aromatic N) is 3. The third-order valence-corrected chi connectivity index (χ3v) is 6.78. The third-order valence-electron chi connectivity index (χ3n) is 6.78. The highest BCUT2D eigenvalue weighted by atomic mass is 19.1. The molecule has 0 radical (unpaired) electrons. The number of likely N-dealkylation sites (tertiary alicyclic amines) is 1. The number of benzene rings is 2. The summed E-state index contributed by atoms with van der Waals surface area (Å²) in [6.07, 6.45) is 3.06. The van der Waals surface area contributed by atoms with Crippen molar-refractivity contribution < 1.29 is 18.9 Å². The Morgan fingerprint density at radius 1 is 1.00 bits per heavy atom. The molecule has 2 heterocycles. The van der Waals surface area contributed by atoms with E-state index in [0.717, 1.165) is 25.9 Å². The lowest BCUT2D eigenvalue weighted by Gasteiger charge is -2.34. The Bertz CT molecular complexity index is 1080. The second-order valence-corrected chi connectivity index (χ2v) is 9.15. The molecular formula is C25H29FN4O4. The maximum absolute atomic E-state index is 14.0. The minimum atomic E-state index is -0.548. The largest absolute Gasteiger partial charge is 0.371 e. The number of nitrogens with one attached hydrogen (secondary N) is 1. The summed E-state index contributed by atoms with van der Waals surface area (Å²) < 4.78 is 14.0. The minimum absolute atomic E-state index is 0.0436. The Hall–Kier alpha value is -3.49. The van der Waals surface area contributed by atoms with Gasteiger partial charge in [-0.2, -0.15) is 0 Å². The van der Waals surface area contributed by atoms with Crippen LogP contribution in [0.4, 0.5) is 15.8 Å². The van der Waals surface area contributed by atoms with E-state index in [1.165, 1.54) is 24.3 Å². The van der Waals surface area contributed by atoms with Crippen LogP contribution in [-0.2, 0) is 0 Å². The summed E-state index contributed by atoms with van der Waals surface area (Å²) in [5, 5.41) is 14.3. The number of non-ortho nitro benzene ring substituents is 1. The maximum Gasteiger partial charge on any atom is 0.270 e. The molecule has 2 saturated heterocycles. The summed E-state index contributed by atoms with van der Waals surface area (Å²) in [7, 11) is 0. The first-order valence-corrected chi connectivity index (χ1v) is 11.7. The van der Waals surface area contributed by atoms with Crippen molar-refractivity contribution in [2.24, 2.45) is 5.92 Å². The zero-order chi connectivity index (χ0) is 24.2. The number of anilines is 1. The first-order valence-electron chi connectivity index (χ1n) is 11.7. The number of halogens is 1. The molecule has 1 N–H and O–H groups in total. The standard InChI is InChI=1S/C25H29FN4O4/c1-17-8-12-28(13-9-17)23-7-6-19(30(33)34)16-21(23)24(31)27-18-10-14-29(15-11-18)25(32)20-4-2-3-5-22(20)26/h2-7,16-18H,8-15H2,1H3,(H,27,31). The highest BCUT2D eigenvalue weighted by molar-refractivity contribution is 6.00. The van der Waals surface area contributed by atoms with Crippen molar-refractivity contribution in [3.8, 4) is 0 Å². The molecule has 4 rings (SSSR count). The van der Waals surface area contributed by atoms with Crippen molar-refractivity contribution in [2.45, 2.75) is 38.6 Å². The van der Waals surface area contributed by atoms with E-state index in [4.69, 9.17) is 0 Å². The maximum atomic E-state index is 14.0. The average Bonchev–Trinajstić information content (AvgIpc) is 2.84. The first kappa shape index (κ1) is 23.7. The third kappa shape index (κ3) is 5.18. The topological polar surface area (TPSA) is 95.8 Å². The van der Waals surface area contributed by atoms with Crippen LogP contribution in [0.1, 0.15) is 53.3 Å². The summed E-state index contributed by atoms with van der Waals surface area (Å²) >= 11 is 0. The van der Waals surface area contributed by atoms with E-state index in [1.807, 2.05) is 0 Å². The monoisotopic (exact) mass is 468 g/mol. The van der Waals surface area contributed by atoms with Gasteiger partial charge in [0.1, 0.15) is 5.82 Å². The zero-order valence-corrected chi connectivity index (χ0v) is 19.2. The van der Waals surface area contributed by atoms with Crippen LogP contribution < -0.4 is 10.2 Å². The van der Waals surface area contributed by atoms with Gasteiger partial charge in [-0.05, 0) is 49.8 Å². The number of carbonyl (C=O) groups excluding carboxylic acids is 2. The number of amides is 2. The molecule has 34 heavy (non-hydrogen) atoms. The van der Waals surface area contributed by atoms with Gasteiger partial charge in [-0.1, -0.05) is 19.1 Å². The van der Waals surface area contributed by atoms with Crippen molar-refractivity contribution in [2.75, 3.05) is 31.1 Å². The zero-order valence-electron chi connectivity index (χ0n) is 19.2. The fourth-order valence-corrected chi connectivity index (χ4v) is 4.64. The number of rotatable bonds is 5. The normalized spacial score (nSPS) is 17.5. The number of nitro benzene ring substituents is 1. The molecule has 0 atom stereocenters. The Labute approximate surface area is 197 Å². The van der Waals surface area contributed by atoms with Crippen LogP contribution in [0, 0.1) is 21.8 Å². The lowest BCUT2D eigenvalue weighted by molar-refractivity contribution is -0.384. The molecule has 0 aliphatic carbocycles. The minimum Gasteiger partial charge on any atom is -0.371 e. The van der Waals surface area contributed by atoms with Gasteiger partial charge in [-0.3, -0.25) is 19.7 Å². The highest BCUT2D eigenvalue weighted by Gasteiger charge is 2.28. The van der Waals surface area contributed by atoms with Crippen LogP contribution >= 0.6 is 0 Å². The molecule has 2 aliphatic heterocycles. The lowest BCUT2D eigenvalue weighted by atomic mass is 9.97. The number of hydrogen-bond donors (Lipinski definition) is 1. The van der Waals surface area contributed by atoms with Gasteiger partial charge in [-0.25, -0.2) is 4.39 Å². The molecule has 2 aromatic carbocycles. The number of nitro groups is 1. The lowest BCUT2D eigenvalue weighted by Crippen LogP contribution is -2.47. The predicted octanol–water partition coefficient (Wildman–Crippen LogP) is 4.00. The van der Waals surface area contributed by atoms with E-state index in [2.05, 4.69) is 17.1 Å². The van der Waals surface area contributed by atoms with Crippen LogP contribution in [0.5, 0.6) is 0 Å². The predicted molar refractivity (Wildman–Crippen MR) is 126 cm³/mol. The fraction of sp³-hybridized carbons (Fsp3) is 0.440. The molecule has 180 valence electrons. The smallest absolute Gasteiger partial charge is 0.270 e. The summed E-state index contributed by atoms with van der Waals surface area (Å²) in [6.45, 7) is 4.59. The van der Waals surface area contributed by atoms with Gasteiger partial charge in [-0.15, -0.1) is 0 Å². The molecule has 0 spiro atoms. The first-order chi connectivity index (χ1) is 16.3. The van der Waals surface area contributed by atoms with Crippen LogP contribution in [0.3, 0.4) is 0 Å². The van der Waals surface area contributed by atoms with E-state index < -0.39 is 10.7 Å². The molecule has 2 aromatic rings. The van der Waals surface area contributed by atoms with E-state index >= 15 is 0 Å². The number of piperidine rings is 2. The van der Waals surface area contributed by atoms with E-state index in [1.54, 1.807) is 23.1 Å². The quantitative estimate of drug-likeness (QED) is 0.529. The van der Waals surface area contributed by atoms with Crippen LogP contribution in [0.2, 0.25) is 0 Å². The molecule has 2 fully saturated rings. The Balaban J connectivity index is 1.43. The van der Waals surface area contributed by atoms with Crippen molar-refractivity contribution in [1.29, 1.82) is 0 Å². The molecule has 2 amide bonds. The molecule has 0 aromatic heterocycles. The van der Waals surface area contributed by atoms with Crippen LogP contribution in [-0.4, -0.2) is 53.9 Å². The van der Waals surface area contributed by atoms with E-state index in [9.17, 15) is 24.1 Å². The summed E-state index contributed by atoms with van der Waals surface area (Å²) in [4.78, 5) is 40.4. The van der Waals surface area contributed by atoms with Crippen molar-refractivity contribution in [3.63, 3.8) is 0 Å². The summed E-state index contributed by atoms with van der Waals surface area (Å²) in [6, 6.07) is 10.2. The second-order valence-electron chi connectivity index (χ2n) is 9.15. The Morgan fingerprint density at radius 2 is 1.68 bits per heavy atom. The van der Waals surface area contributed by atoms with Gasteiger partial charge in [0.2, 0.25) is 0 Å². The van der Waals surface area contributed by atoms with Crippen LogP contribution in [0.15, 0.2) is 42.5 Å². The average molecular weight is 469 g/mol. The fourth-order valence-electron chi connectivity index (χ4n) is 4.64. The number of hydrogen-bond acceptors (Lipinski definition) is 5. The molecule has 2 aliphatic rings. The van der Waals surface area contributed by atoms with E-state index in [0.29, 0.717) is 43.1 Å². The van der Waals surface area contributed by atoms with Crippen LogP contribution in [0.25, 0.3) is 0 Å². The summed E-state index contributed by atoms with van der Waals surface area (Å²) in [5.74, 6) is -0.642. The summed E-state index contributed by atoms with van der Waals surface area (Å²) in [5.41, 5.74) is 0.933. The SMILES string of the molecule is CC1CCN(c2ccc([N+](=O)[O-])cc2C(=O)NC2CCN(C(=O)c3ccccc3F)CC2)CC1. The van der Waals surface area contributed by atoms with Gasteiger partial charge >= 0.3 is 0 Å². The van der Waals surface area contributed by atoms with Gasteiger partial charge < -0.3 is 15.1 Å². The van der Waals surface area contributed by atoms with Gasteiger partial charge in [0.05, 0.1) is 21.7 Å². The number of carbonyl (C=O) groups is 2. The van der Waals surface area contributed by atoms with Crippen molar-refractivity contribution in [3.05, 3.63) is 69.5 Å². The molecule has 9 heteroatoms. The molecule has 0 saturated carbocycles. The van der Waals surface area contributed by atoms with E-state index in [-0.39, 0.29) is 29.1 Å². The Kier molecular flexibility index (Phi) is 7.09. The molecule has 8 nitrogen and oxygen atoms in total. The molecule has 0 bridgehead atoms. The molecular weight excluding hydrogens is 439 g/mol. The van der Waals surface area contributed by atoms with Crippen molar-refractivity contribution in [1.82, 2.24) is 10.2 Å². The Morgan fingerprint density at radius 3 is 2.32 bits per heavy atom. The molecule has 0 unspecified atom stereocenters. The second kappa shape index (κ2) is 10.2. The van der Waals surface area contributed by atoms with Gasteiger partial charge in [0.25, 0.3) is 17.5 Å².